The first-order valence-corrected chi connectivity index (χ1v) is 11.6. The molecule has 0 aromatic heterocycles. The van der Waals surface area contributed by atoms with E-state index in [1.807, 2.05) is 0 Å². The Kier molecular flexibility index (Phi) is 7.42. The summed E-state index contributed by atoms with van der Waals surface area (Å²) < 4.78 is 47.1. The summed E-state index contributed by atoms with van der Waals surface area (Å²) in [5.41, 5.74) is 0.329. The minimum Gasteiger partial charge on any atom is -0.482 e. The van der Waals surface area contributed by atoms with Crippen LogP contribution in [0, 0.1) is 5.82 Å². The van der Waals surface area contributed by atoms with Crippen molar-refractivity contribution in [1.82, 2.24) is 0 Å². The summed E-state index contributed by atoms with van der Waals surface area (Å²) in [6, 6.07) is 14.1. The minimum absolute atomic E-state index is 0.00221. The highest BCUT2D eigenvalue weighted by Gasteiger charge is 2.17. The predicted octanol–water partition coefficient (Wildman–Crippen LogP) is 5.71. The molecule has 1 amide bonds. The van der Waals surface area contributed by atoms with Crippen molar-refractivity contribution in [3.63, 3.8) is 0 Å². The maximum atomic E-state index is 13.8. The van der Waals surface area contributed by atoms with E-state index in [9.17, 15) is 17.6 Å². The molecule has 0 saturated heterocycles. The van der Waals surface area contributed by atoms with Crippen molar-refractivity contribution in [2.45, 2.75) is 4.90 Å². The SMILES string of the molecule is O=C(COc1ccc(S(=O)(=O)Nc2ccc(Cl)cc2)cc1Cl)Nc1ccc(Br)cc1F. The first kappa shape index (κ1) is 23.3. The van der Waals surface area contributed by atoms with Crippen LogP contribution >= 0.6 is 39.1 Å². The summed E-state index contributed by atoms with van der Waals surface area (Å²) in [5.74, 6) is -1.12. The lowest BCUT2D eigenvalue weighted by molar-refractivity contribution is -0.118. The Morgan fingerprint density at radius 2 is 1.74 bits per heavy atom. The van der Waals surface area contributed by atoms with Gasteiger partial charge in [0.15, 0.2) is 6.61 Å². The molecule has 3 rings (SSSR count). The number of rotatable bonds is 7. The number of anilines is 2. The normalized spacial score (nSPS) is 11.1. The van der Waals surface area contributed by atoms with Crippen LogP contribution < -0.4 is 14.8 Å². The van der Waals surface area contributed by atoms with Crippen LogP contribution in [0.3, 0.4) is 0 Å². The van der Waals surface area contributed by atoms with Crippen molar-refractivity contribution in [3.05, 3.63) is 81.0 Å². The van der Waals surface area contributed by atoms with Crippen LogP contribution in [0.15, 0.2) is 70.0 Å². The number of nitrogens with one attached hydrogen (secondary N) is 2. The second kappa shape index (κ2) is 9.86. The Balaban J connectivity index is 1.64. The largest absolute Gasteiger partial charge is 0.482 e. The summed E-state index contributed by atoms with van der Waals surface area (Å²) in [6.45, 7) is -0.454. The van der Waals surface area contributed by atoms with Gasteiger partial charge in [-0.15, -0.1) is 0 Å². The maximum absolute atomic E-state index is 13.8. The number of hydrogen-bond donors (Lipinski definition) is 2. The predicted molar refractivity (Wildman–Crippen MR) is 122 cm³/mol. The molecule has 0 aliphatic carbocycles. The van der Waals surface area contributed by atoms with Crippen molar-refractivity contribution in [2.75, 3.05) is 16.6 Å². The average molecular weight is 548 g/mol. The van der Waals surface area contributed by atoms with E-state index in [2.05, 4.69) is 26.0 Å². The van der Waals surface area contributed by atoms with E-state index in [0.717, 1.165) is 0 Å². The summed E-state index contributed by atoms with van der Waals surface area (Å²) in [7, 11) is -3.90. The number of ether oxygens (including phenoxy) is 1. The van der Waals surface area contributed by atoms with E-state index in [1.165, 1.54) is 42.5 Å². The summed E-state index contributed by atoms with van der Waals surface area (Å²) >= 11 is 15.0. The van der Waals surface area contributed by atoms with E-state index >= 15 is 0 Å². The van der Waals surface area contributed by atoms with E-state index in [1.54, 1.807) is 18.2 Å². The zero-order chi connectivity index (χ0) is 22.6. The summed E-state index contributed by atoms with van der Waals surface area (Å²) in [4.78, 5) is 11.9. The molecule has 6 nitrogen and oxygen atoms in total. The Bertz CT molecular complexity index is 1220. The van der Waals surface area contributed by atoms with Gasteiger partial charge in [0.2, 0.25) is 0 Å². The third-order valence-electron chi connectivity index (χ3n) is 3.87. The number of carbonyl (C=O) groups is 1. The number of halogens is 4. The Morgan fingerprint density at radius 1 is 1.03 bits per heavy atom. The van der Waals surface area contributed by atoms with Gasteiger partial charge in [-0.3, -0.25) is 9.52 Å². The minimum atomic E-state index is -3.90. The Hall–Kier alpha value is -2.33. The smallest absolute Gasteiger partial charge is 0.262 e. The van der Waals surface area contributed by atoms with E-state index in [4.69, 9.17) is 27.9 Å². The lowest BCUT2D eigenvalue weighted by atomic mass is 10.3. The van der Waals surface area contributed by atoms with Gasteiger partial charge in [0.1, 0.15) is 11.6 Å². The molecule has 0 saturated carbocycles. The molecule has 0 aliphatic heterocycles. The van der Waals surface area contributed by atoms with Crippen molar-refractivity contribution >= 4 is 66.4 Å². The zero-order valence-corrected chi connectivity index (χ0v) is 19.4. The molecule has 0 unspecified atom stereocenters. The van der Waals surface area contributed by atoms with Gasteiger partial charge >= 0.3 is 0 Å². The van der Waals surface area contributed by atoms with Gasteiger partial charge in [0.05, 0.1) is 15.6 Å². The Morgan fingerprint density at radius 3 is 2.39 bits per heavy atom. The van der Waals surface area contributed by atoms with Crippen molar-refractivity contribution in [1.29, 1.82) is 0 Å². The maximum Gasteiger partial charge on any atom is 0.262 e. The fraction of sp³-hybridized carbons (Fsp3) is 0.0500. The van der Waals surface area contributed by atoms with Crippen LogP contribution in [0.25, 0.3) is 0 Å². The fourth-order valence-electron chi connectivity index (χ4n) is 2.42. The first-order chi connectivity index (χ1) is 14.6. The molecule has 0 radical (unpaired) electrons. The summed E-state index contributed by atoms with van der Waals surface area (Å²) in [6.07, 6.45) is 0. The molecule has 0 fully saturated rings. The third-order valence-corrected chi connectivity index (χ3v) is 6.29. The molecule has 0 aliphatic rings. The van der Waals surface area contributed by atoms with Gasteiger partial charge in [-0.05, 0) is 60.7 Å². The number of benzene rings is 3. The number of hydrogen-bond acceptors (Lipinski definition) is 4. The van der Waals surface area contributed by atoms with Crippen LogP contribution in [0.1, 0.15) is 0 Å². The highest BCUT2D eigenvalue weighted by molar-refractivity contribution is 9.10. The molecule has 0 spiro atoms. The fourth-order valence-corrected chi connectivity index (χ4v) is 4.26. The lowest BCUT2D eigenvalue weighted by Gasteiger charge is -2.12. The molecule has 3 aromatic carbocycles. The molecule has 11 heteroatoms. The molecule has 0 bridgehead atoms. The van der Waals surface area contributed by atoms with E-state index in [0.29, 0.717) is 15.2 Å². The molecule has 3 aromatic rings. The topological polar surface area (TPSA) is 84.5 Å². The van der Waals surface area contributed by atoms with Gasteiger partial charge in [0.25, 0.3) is 15.9 Å². The van der Waals surface area contributed by atoms with Crippen LogP contribution in [-0.2, 0) is 14.8 Å². The van der Waals surface area contributed by atoms with E-state index in [-0.39, 0.29) is 21.4 Å². The standard InChI is InChI=1S/C20H14BrCl2FN2O4S/c21-12-1-7-18(17(24)9-12)25-20(27)11-30-19-8-6-15(10-16(19)23)31(28,29)26-14-4-2-13(22)3-5-14/h1-10,26H,11H2,(H,25,27). The first-order valence-electron chi connectivity index (χ1n) is 8.60. The van der Waals surface area contributed by atoms with Crippen LogP contribution in [0.5, 0.6) is 5.75 Å². The molecule has 2 N–H and O–H groups in total. The van der Waals surface area contributed by atoms with Gasteiger partial charge < -0.3 is 10.1 Å². The van der Waals surface area contributed by atoms with Gasteiger partial charge in [-0.25, -0.2) is 12.8 Å². The second-order valence-corrected chi connectivity index (χ2v) is 9.61. The highest BCUT2D eigenvalue weighted by atomic mass is 79.9. The molecular weight excluding hydrogens is 534 g/mol. The molecule has 0 heterocycles. The molecule has 31 heavy (non-hydrogen) atoms. The number of carbonyl (C=O) groups excluding carboxylic acids is 1. The molecule has 0 atom stereocenters. The second-order valence-electron chi connectivity index (χ2n) is 6.17. The van der Waals surface area contributed by atoms with Gasteiger partial charge in [-0.1, -0.05) is 39.1 Å². The van der Waals surface area contributed by atoms with Gasteiger partial charge in [0, 0.05) is 15.2 Å². The van der Waals surface area contributed by atoms with Crippen LogP contribution in [0.4, 0.5) is 15.8 Å². The molecule has 162 valence electrons. The van der Waals surface area contributed by atoms with E-state index < -0.39 is 28.4 Å². The van der Waals surface area contributed by atoms with Gasteiger partial charge in [-0.2, -0.15) is 0 Å². The average Bonchev–Trinajstić information content (AvgIpc) is 2.70. The zero-order valence-electron chi connectivity index (χ0n) is 15.5. The quantitative estimate of drug-likeness (QED) is 0.396. The van der Waals surface area contributed by atoms with Crippen molar-refractivity contribution in [2.24, 2.45) is 0 Å². The van der Waals surface area contributed by atoms with Crippen LogP contribution in [-0.4, -0.2) is 20.9 Å². The monoisotopic (exact) mass is 546 g/mol. The Labute approximate surface area is 196 Å². The molecular formula is C20H14BrCl2FN2O4S. The van der Waals surface area contributed by atoms with Crippen LogP contribution in [0.2, 0.25) is 10.0 Å². The summed E-state index contributed by atoms with van der Waals surface area (Å²) in [5, 5.41) is 2.84. The number of amides is 1. The van der Waals surface area contributed by atoms with Crippen molar-refractivity contribution < 1.29 is 22.3 Å². The third kappa shape index (κ3) is 6.33. The highest BCUT2D eigenvalue weighted by Crippen LogP contribution is 2.28. The number of sulfonamides is 1. The van der Waals surface area contributed by atoms with Crippen molar-refractivity contribution in [3.8, 4) is 5.75 Å². The lowest BCUT2D eigenvalue weighted by Crippen LogP contribution is -2.21.